The smallest absolute Gasteiger partial charge is 0.279 e. The first-order valence-corrected chi connectivity index (χ1v) is 7.91. The van der Waals surface area contributed by atoms with E-state index in [1.165, 1.54) is 12.1 Å². The molecule has 0 aliphatic carbocycles. The third kappa shape index (κ3) is 4.89. The number of amides is 1. The number of anilines is 1. The predicted molar refractivity (Wildman–Crippen MR) is 90.6 cm³/mol. The third-order valence-electron chi connectivity index (χ3n) is 3.95. The molecule has 0 radical (unpaired) electrons. The van der Waals surface area contributed by atoms with Gasteiger partial charge in [0.2, 0.25) is 0 Å². The molecule has 122 valence electrons. The molecule has 3 N–H and O–H groups in total. The number of carbonyl (C=O) groups is 1. The number of halogens is 1. The van der Waals surface area contributed by atoms with Gasteiger partial charge in [-0.3, -0.25) is 4.79 Å². The standard InChI is InChI=1S/C19H23FN2O/c1-13(2)19(15-8-10-16(20)11-9-15)21-12-18(23)22-17-7-5-4-6-14(17)3/h4-11,13,19,21H,12H2,1-3H3,(H,22,23)/p+1/t19-/m1/s1. The summed E-state index contributed by atoms with van der Waals surface area (Å²) in [6, 6.07) is 14.3. The number of nitrogens with one attached hydrogen (secondary N) is 1. The lowest BCUT2D eigenvalue weighted by Crippen LogP contribution is -2.88. The molecule has 0 fully saturated rings. The Morgan fingerprint density at radius 3 is 2.39 bits per heavy atom. The molecule has 2 aromatic rings. The molecule has 2 rings (SSSR count). The van der Waals surface area contributed by atoms with Gasteiger partial charge in [0.25, 0.3) is 5.91 Å². The van der Waals surface area contributed by atoms with E-state index in [2.05, 4.69) is 19.2 Å². The van der Waals surface area contributed by atoms with Crippen molar-refractivity contribution in [2.24, 2.45) is 5.92 Å². The van der Waals surface area contributed by atoms with Gasteiger partial charge in [-0.1, -0.05) is 44.2 Å². The molecule has 0 aromatic heterocycles. The highest BCUT2D eigenvalue weighted by Gasteiger charge is 2.20. The highest BCUT2D eigenvalue weighted by atomic mass is 19.1. The van der Waals surface area contributed by atoms with Crippen LogP contribution >= 0.6 is 0 Å². The Balaban J connectivity index is 1.97. The van der Waals surface area contributed by atoms with Gasteiger partial charge in [-0.2, -0.15) is 0 Å². The second-order valence-corrected chi connectivity index (χ2v) is 6.12. The van der Waals surface area contributed by atoms with E-state index in [1.54, 1.807) is 12.1 Å². The fraction of sp³-hybridized carbons (Fsp3) is 0.316. The van der Waals surface area contributed by atoms with Crippen LogP contribution in [0.5, 0.6) is 0 Å². The Morgan fingerprint density at radius 2 is 1.78 bits per heavy atom. The number of nitrogens with two attached hydrogens (primary N) is 1. The summed E-state index contributed by atoms with van der Waals surface area (Å²) in [5.74, 6) is 0.0623. The van der Waals surface area contributed by atoms with Crippen molar-refractivity contribution in [3.05, 3.63) is 65.5 Å². The lowest BCUT2D eigenvalue weighted by molar-refractivity contribution is -0.692. The molecular formula is C19H24FN2O+. The van der Waals surface area contributed by atoms with Gasteiger partial charge in [0, 0.05) is 17.2 Å². The maximum Gasteiger partial charge on any atom is 0.279 e. The van der Waals surface area contributed by atoms with Crippen molar-refractivity contribution in [3.8, 4) is 0 Å². The number of quaternary nitrogens is 1. The molecule has 0 aliphatic heterocycles. The fourth-order valence-corrected chi connectivity index (χ4v) is 2.63. The van der Waals surface area contributed by atoms with Crippen LogP contribution in [0.3, 0.4) is 0 Å². The normalized spacial score (nSPS) is 12.2. The molecule has 23 heavy (non-hydrogen) atoms. The average molecular weight is 315 g/mol. The van der Waals surface area contributed by atoms with Gasteiger partial charge >= 0.3 is 0 Å². The zero-order valence-corrected chi connectivity index (χ0v) is 13.8. The molecule has 0 saturated carbocycles. The molecule has 1 amide bonds. The first kappa shape index (κ1) is 17.2. The summed E-state index contributed by atoms with van der Waals surface area (Å²) in [5, 5.41) is 4.94. The molecule has 0 saturated heterocycles. The van der Waals surface area contributed by atoms with E-state index in [9.17, 15) is 9.18 Å². The Hall–Kier alpha value is -2.20. The van der Waals surface area contributed by atoms with Gasteiger partial charge in [-0.15, -0.1) is 0 Å². The van der Waals surface area contributed by atoms with Crippen LogP contribution in [0.25, 0.3) is 0 Å². The number of hydrogen-bond donors (Lipinski definition) is 2. The van der Waals surface area contributed by atoms with Crippen LogP contribution in [0.2, 0.25) is 0 Å². The Morgan fingerprint density at radius 1 is 1.13 bits per heavy atom. The topological polar surface area (TPSA) is 45.7 Å². The molecule has 4 heteroatoms. The molecule has 0 spiro atoms. The molecule has 0 bridgehead atoms. The number of rotatable bonds is 6. The maximum atomic E-state index is 13.1. The summed E-state index contributed by atoms with van der Waals surface area (Å²) in [4.78, 5) is 12.2. The van der Waals surface area contributed by atoms with Gasteiger partial charge < -0.3 is 10.6 Å². The molecule has 1 atom stereocenters. The number of aryl methyl sites for hydroxylation is 1. The van der Waals surface area contributed by atoms with Gasteiger partial charge in [0.15, 0.2) is 6.54 Å². The summed E-state index contributed by atoms with van der Waals surface area (Å²) in [6.07, 6.45) is 0. The van der Waals surface area contributed by atoms with Crippen molar-refractivity contribution in [2.45, 2.75) is 26.8 Å². The fourth-order valence-electron chi connectivity index (χ4n) is 2.63. The van der Waals surface area contributed by atoms with E-state index in [0.29, 0.717) is 12.5 Å². The minimum atomic E-state index is -0.242. The highest BCUT2D eigenvalue weighted by Crippen LogP contribution is 2.18. The van der Waals surface area contributed by atoms with E-state index in [4.69, 9.17) is 0 Å². The van der Waals surface area contributed by atoms with Crippen LogP contribution < -0.4 is 10.6 Å². The van der Waals surface area contributed by atoms with Crippen molar-refractivity contribution < 1.29 is 14.5 Å². The Labute approximate surface area is 136 Å². The Bertz CT molecular complexity index is 653. The molecule has 0 unspecified atom stereocenters. The van der Waals surface area contributed by atoms with Crippen molar-refractivity contribution in [3.63, 3.8) is 0 Å². The number of hydrogen-bond acceptors (Lipinski definition) is 1. The van der Waals surface area contributed by atoms with E-state index in [0.717, 1.165) is 16.8 Å². The van der Waals surface area contributed by atoms with Gasteiger partial charge in [0.05, 0.1) is 0 Å². The van der Waals surface area contributed by atoms with Gasteiger partial charge in [-0.05, 0) is 30.7 Å². The lowest BCUT2D eigenvalue weighted by atomic mass is 9.96. The highest BCUT2D eigenvalue weighted by molar-refractivity contribution is 5.92. The second kappa shape index (κ2) is 7.88. The monoisotopic (exact) mass is 315 g/mol. The number of para-hydroxylation sites is 1. The van der Waals surface area contributed by atoms with Crippen molar-refractivity contribution in [2.75, 3.05) is 11.9 Å². The molecule has 0 heterocycles. The predicted octanol–water partition coefficient (Wildman–Crippen LogP) is 3.03. The summed E-state index contributed by atoms with van der Waals surface area (Å²) >= 11 is 0. The zero-order chi connectivity index (χ0) is 16.8. The van der Waals surface area contributed by atoms with E-state index in [1.807, 2.05) is 36.5 Å². The Kier molecular flexibility index (Phi) is 5.88. The van der Waals surface area contributed by atoms with E-state index in [-0.39, 0.29) is 17.8 Å². The van der Waals surface area contributed by atoms with Crippen molar-refractivity contribution in [1.29, 1.82) is 0 Å². The zero-order valence-electron chi connectivity index (χ0n) is 13.8. The van der Waals surface area contributed by atoms with Crippen LogP contribution in [0.1, 0.15) is 31.0 Å². The third-order valence-corrected chi connectivity index (χ3v) is 3.95. The summed E-state index contributed by atoms with van der Waals surface area (Å²) in [5.41, 5.74) is 2.92. The molecular weight excluding hydrogens is 291 g/mol. The summed E-state index contributed by atoms with van der Waals surface area (Å²) < 4.78 is 13.1. The summed E-state index contributed by atoms with van der Waals surface area (Å²) in [7, 11) is 0. The molecule has 3 nitrogen and oxygen atoms in total. The lowest BCUT2D eigenvalue weighted by Gasteiger charge is -2.19. The van der Waals surface area contributed by atoms with Crippen LogP contribution in [0.15, 0.2) is 48.5 Å². The quantitative estimate of drug-likeness (QED) is 0.845. The van der Waals surface area contributed by atoms with Crippen molar-refractivity contribution in [1.82, 2.24) is 0 Å². The van der Waals surface area contributed by atoms with Crippen LogP contribution in [-0.4, -0.2) is 12.5 Å². The van der Waals surface area contributed by atoms with Gasteiger partial charge in [0.1, 0.15) is 11.9 Å². The number of benzene rings is 2. The van der Waals surface area contributed by atoms with Crippen LogP contribution in [-0.2, 0) is 4.79 Å². The first-order valence-electron chi connectivity index (χ1n) is 7.91. The van der Waals surface area contributed by atoms with Gasteiger partial charge in [-0.25, -0.2) is 4.39 Å². The van der Waals surface area contributed by atoms with E-state index < -0.39 is 0 Å². The van der Waals surface area contributed by atoms with Crippen LogP contribution in [0, 0.1) is 18.7 Å². The number of carbonyl (C=O) groups excluding carboxylic acids is 1. The molecule has 0 aliphatic rings. The maximum absolute atomic E-state index is 13.1. The second-order valence-electron chi connectivity index (χ2n) is 6.12. The average Bonchev–Trinajstić information content (AvgIpc) is 2.51. The SMILES string of the molecule is Cc1ccccc1NC(=O)C[NH2+][C@@H](c1ccc(F)cc1)C(C)C. The molecule has 2 aromatic carbocycles. The van der Waals surface area contributed by atoms with Crippen molar-refractivity contribution >= 4 is 11.6 Å². The largest absolute Gasteiger partial charge is 0.332 e. The first-order chi connectivity index (χ1) is 11.0. The summed E-state index contributed by atoms with van der Waals surface area (Å²) in [6.45, 7) is 6.50. The minimum Gasteiger partial charge on any atom is -0.332 e. The minimum absolute atomic E-state index is 0.0351. The van der Waals surface area contributed by atoms with E-state index >= 15 is 0 Å². The van der Waals surface area contributed by atoms with Crippen LogP contribution in [0.4, 0.5) is 10.1 Å².